The maximum absolute atomic E-state index is 12.6. The second-order valence-electron chi connectivity index (χ2n) is 6.94. The fourth-order valence-corrected chi connectivity index (χ4v) is 3.73. The number of hydrogen-bond donors (Lipinski definition) is 1. The molecule has 0 saturated heterocycles. The number of aryl methyl sites for hydroxylation is 2. The maximum Gasteiger partial charge on any atom is 0.237 e. The molecule has 0 aliphatic rings. The third-order valence-electron chi connectivity index (χ3n) is 4.48. The molecule has 1 atom stereocenters. The molecule has 3 aromatic rings. The van der Waals surface area contributed by atoms with Crippen LogP contribution in [0, 0.1) is 13.8 Å². The second kappa shape index (κ2) is 9.71. The molecule has 2 aromatic carbocycles. The topological polar surface area (TPSA) is 69.0 Å². The van der Waals surface area contributed by atoms with Gasteiger partial charge in [0.15, 0.2) is 11.0 Å². The third kappa shape index (κ3) is 5.46. The van der Waals surface area contributed by atoms with Gasteiger partial charge in [0.2, 0.25) is 5.91 Å². The Balaban J connectivity index is 1.78. The molecule has 3 rings (SSSR count). The number of anilines is 1. The number of thioether (sulfide) groups is 1. The summed E-state index contributed by atoms with van der Waals surface area (Å²) >= 11 is 1.39. The van der Waals surface area contributed by atoms with Crippen molar-refractivity contribution in [1.29, 1.82) is 0 Å². The quantitative estimate of drug-likeness (QED) is 0.560. The summed E-state index contributed by atoms with van der Waals surface area (Å²) < 4.78 is 7.27. The molecule has 0 spiro atoms. The minimum Gasteiger partial charge on any atom is -0.383 e. The molecule has 0 saturated carbocycles. The number of ether oxygens (including phenoxy) is 1. The van der Waals surface area contributed by atoms with Crippen molar-refractivity contribution in [3.8, 4) is 11.4 Å². The van der Waals surface area contributed by atoms with Crippen molar-refractivity contribution in [3.05, 3.63) is 59.7 Å². The smallest absolute Gasteiger partial charge is 0.237 e. The minimum atomic E-state index is -0.327. The molecule has 0 aliphatic heterocycles. The number of amides is 1. The van der Waals surface area contributed by atoms with Gasteiger partial charge in [-0.25, -0.2) is 0 Å². The highest BCUT2D eigenvalue weighted by Gasteiger charge is 2.21. The number of hydrogen-bond acceptors (Lipinski definition) is 5. The predicted octanol–water partition coefficient (Wildman–Crippen LogP) is 4.33. The maximum atomic E-state index is 12.6. The van der Waals surface area contributed by atoms with Gasteiger partial charge in [0.25, 0.3) is 0 Å². The number of methoxy groups -OCH3 is 1. The predicted molar refractivity (Wildman–Crippen MR) is 117 cm³/mol. The summed E-state index contributed by atoms with van der Waals surface area (Å²) in [4.78, 5) is 12.6. The molecule has 6 nitrogen and oxygen atoms in total. The molecule has 0 fully saturated rings. The SMILES string of the molecule is COCCn1c(S[C@@H](C)C(=O)Nc2ccc(C)cc2)nnc1-c1cccc(C)c1. The van der Waals surface area contributed by atoms with Crippen LogP contribution in [-0.4, -0.2) is 39.6 Å². The Bertz CT molecular complexity index is 969. The second-order valence-corrected chi connectivity index (χ2v) is 8.24. The van der Waals surface area contributed by atoms with Gasteiger partial charge < -0.3 is 10.1 Å². The Hall–Kier alpha value is -2.64. The molecule has 1 heterocycles. The zero-order valence-electron chi connectivity index (χ0n) is 17.2. The highest BCUT2D eigenvalue weighted by Crippen LogP contribution is 2.28. The molecule has 0 bridgehead atoms. The molecular formula is C22H26N4O2S. The number of rotatable bonds is 8. The Morgan fingerprint density at radius 2 is 1.90 bits per heavy atom. The van der Waals surface area contributed by atoms with Crippen molar-refractivity contribution in [3.63, 3.8) is 0 Å². The van der Waals surface area contributed by atoms with Crippen molar-refractivity contribution in [2.24, 2.45) is 0 Å². The first-order valence-corrected chi connectivity index (χ1v) is 10.4. The first-order valence-electron chi connectivity index (χ1n) is 9.51. The minimum absolute atomic E-state index is 0.0720. The fraction of sp³-hybridized carbons (Fsp3) is 0.318. The molecular weight excluding hydrogens is 384 g/mol. The summed E-state index contributed by atoms with van der Waals surface area (Å²) in [6, 6.07) is 15.9. The van der Waals surface area contributed by atoms with Crippen LogP contribution in [0.3, 0.4) is 0 Å². The molecule has 1 aromatic heterocycles. The van der Waals surface area contributed by atoms with Crippen LogP contribution in [0.15, 0.2) is 53.7 Å². The Morgan fingerprint density at radius 1 is 1.14 bits per heavy atom. The summed E-state index contributed by atoms with van der Waals surface area (Å²) in [6.07, 6.45) is 0. The van der Waals surface area contributed by atoms with Crippen LogP contribution in [0.25, 0.3) is 11.4 Å². The van der Waals surface area contributed by atoms with Gasteiger partial charge in [-0.2, -0.15) is 0 Å². The number of benzene rings is 2. The molecule has 152 valence electrons. The van der Waals surface area contributed by atoms with E-state index in [1.165, 1.54) is 11.8 Å². The average Bonchev–Trinajstić information content (AvgIpc) is 3.10. The molecule has 7 heteroatoms. The summed E-state index contributed by atoms with van der Waals surface area (Å²) in [5, 5.41) is 12.1. The zero-order chi connectivity index (χ0) is 20.8. The van der Waals surface area contributed by atoms with E-state index in [0.29, 0.717) is 18.3 Å². The van der Waals surface area contributed by atoms with E-state index in [1.807, 2.05) is 67.8 Å². The van der Waals surface area contributed by atoms with Crippen LogP contribution in [-0.2, 0) is 16.1 Å². The van der Waals surface area contributed by atoms with Crippen molar-refractivity contribution in [1.82, 2.24) is 14.8 Å². The standard InChI is InChI=1S/C22H26N4O2S/c1-15-8-10-19(11-9-15)23-21(27)17(3)29-22-25-24-20(26(22)12-13-28-4)18-7-5-6-16(2)14-18/h5-11,14,17H,12-13H2,1-4H3,(H,23,27)/t17-/m0/s1. The fourth-order valence-electron chi connectivity index (χ4n) is 2.85. The van der Waals surface area contributed by atoms with Gasteiger partial charge in [0, 0.05) is 18.4 Å². The largest absolute Gasteiger partial charge is 0.383 e. The molecule has 0 aliphatic carbocycles. The lowest BCUT2D eigenvalue weighted by molar-refractivity contribution is -0.115. The van der Waals surface area contributed by atoms with Crippen LogP contribution < -0.4 is 5.32 Å². The number of aromatic nitrogens is 3. The van der Waals surface area contributed by atoms with Gasteiger partial charge in [-0.05, 0) is 39.0 Å². The molecule has 1 amide bonds. The van der Waals surface area contributed by atoms with Gasteiger partial charge >= 0.3 is 0 Å². The van der Waals surface area contributed by atoms with Gasteiger partial charge in [0.1, 0.15) is 0 Å². The summed E-state index contributed by atoms with van der Waals surface area (Å²) in [5.74, 6) is 0.705. The lowest BCUT2D eigenvalue weighted by Gasteiger charge is -2.14. The van der Waals surface area contributed by atoms with Gasteiger partial charge in [-0.1, -0.05) is 53.2 Å². The third-order valence-corrected chi connectivity index (χ3v) is 5.56. The van der Waals surface area contributed by atoms with E-state index in [-0.39, 0.29) is 11.2 Å². The highest BCUT2D eigenvalue weighted by molar-refractivity contribution is 8.00. The number of nitrogens with one attached hydrogen (secondary N) is 1. The van der Waals surface area contributed by atoms with E-state index in [2.05, 4.69) is 21.6 Å². The van der Waals surface area contributed by atoms with Crippen LogP contribution in [0.5, 0.6) is 0 Å². The van der Waals surface area contributed by atoms with Gasteiger partial charge in [-0.15, -0.1) is 10.2 Å². The molecule has 0 unspecified atom stereocenters. The zero-order valence-corrected chi connectivity index (χ0v) is 18.0. The van der Waals surface area contributed by atoms with E-state index < -0.39 is 0 Å². The van der Waals surface area contributed by atoms with E-state index >= 15 is 0 Å². The lowest BCUT2D eigenvalue weighted by atomic mass is 10.1. The highest BCUT2D eigenvalue weighted by atomic mass is 32.2. The van der Waals surface area contributed by atoms with Gasteiger partial charge in [-0.3, -0.25) is 9.36 Å². The Morgan fingerprint density at radius 3 is 2.59 bits per heavy atom. The summed E-state index contributed by atoms with van der Waals surface area (Å²) in [6.45, 7) is 7.08. The summed E-state index contributed by atoms with van der Waals surface area (Å²) in [5.41, 5.74) is 4.09. The first kappa shape index (κ1) is 21.1. The molecule has 29 heavy (non-hydrogen) atoms. The molecule has 1 N–H and O–H groups in total. The van der Waals surface area contributed by atoms with Crippen LogP contribution in [0.2, 0.25) is 0 Å². The van der Waals surface area contributed by atoms with Gasteiger partial charge in [0.05, 0.1) is 18.4 Å². The van der Waals surface area contributed by atoms with E-state index in [1.54, 1.807) is 7.11 Å². The summed E-state index contributed by atoms with van der Waals surface area (Å²) in [7, 11) is 1.67. The van der Waals surface area contributed by atoms with Crippen LogP contribution in [0.1, 0.15) is 18.1 Å². The van der Waals surface area contributed by atoms with Crippen molar-refractivity contribution in [2.45, 2.75) is 37.7 Å². The number of nitrogens with zero attached hydrogens (tertiary/aromatic N) is 3. The van der Waals surface area contributed by atoms with Crippen molar-refractivity contribution < 1.29 is 9.53 Å². The number of carbonyl (C=O) groups is 1. The monoisotopic (exact) mass is 410 g/mol. The van der Waals surface area contributed by atoms with E-state index in [4.69, 9.17) is 4.74 Å². The average molecular weight is 411 g/mol. The van der Waals surface area contributed by atoms with Crippen LogP contribution in [0.4, 0.5) is 5.69 Å². The Kier molecular flexibility index (Phi) is 7.06. The Labute approximate surface area is 175 Å². The van der Waals surface area contributed by atoms with E-state index in [9.17, 15) is 4.79 Å². The molecule has 0 radical (unpaired) electrons. The number of carbonyl (C=O) groups excluding carboxylic acids is 1. The van der Waals surface area contributed by atoms with Crippen molar-refractivity contribution in [2.75, 3.05) is 19.0 Å². The first-order chi connectivity index (χ1) is 14.0. The van der Waals surface area contributed by atoms with E-state index in [0.717, 1.165) is 28.2 Å². The normalized spacial score (nSPS) is 12.0. The van der Waals surface area contributed by atoms with Crippen molar-refractivity contribution >= 4 is 23.4 Å². The lowest BCUT2D eigenvalue weighted by Crippen LogP contribution is -2.23. The van der Waals surface area contributed by atoms with Crippen LogP contribution >= 0.6 is 11.8 Å².